The number of carbonyl (C=O) groups excluding carboxylic acids is 1. The molecule has 27 heavy (non-hydrogen) atoms. The van der Waals surface area contributed by atoms with Gasteiger partial charge in [0.15, 0.2) is 0 Å². The number of nitrogens with zero attached hydrogens (tertiary/aromatic N) is 2. The van der Waals surface area contributed by atoms with Crippen LogP contribution in [0.3, 0.4) is 0 Å². The molecule has 2 aromatic rings. The van der Waals surface area contributed by atoms with E-state index in [1.54, 1.807) is 17.2 Å². The van der Waals surface area contributed by atoms with Crippen molar-refractivity contribution in [1.29, 1.82) is 0 Å². The number of carbonyl (C=O) groups is 1. The van der Waals surface area contributed by atoms with Gasteiger partial charge in [0.05, 0.1) is 19.1 Å². The lowest BCUT2D eigenvalue weighted by Gasteiger charge is -2.32. The molecule has 0 aliphatic carbocycles. The third kappa shape index (κ3) is 5.58. The molecule has 0 bridgehead atoms. The highest BCUT2D eigenvalue weighted by atomic mass is 32.2. The molecule has 2 amide bonds. The largest absolute Gasteiger partial charge is 0.467 e. The standard InChI is InChI=1S/C19H25N3O4S/c1-27(24,25)22-11-9-17(10-12-22)20-19(23)21(15-18-8-5-13-26-18)14-16-6-3-2-4-7-16/h2-8,13,17H,9-12,14-15H2,1H3,(H,20,23). The summed E-state index contributed by atoms with van der Waals surface area (Å²) >= 11 is 0. The van der Waals surface area contributed by atoms with Crippen molar-refractivity contribution in [1.82, 2.24) is 14.5 Å². The molecule has 0 atom stereocenters. The van der Waals surface area contributed by atoms with Gasteiger partial charge in [0, 0.05) is 25.7 Å². The maximum absolute atomic E-state index is 12.9. The Morgan fingerprint density at radius 1 is 1.15 bits per heavy atom. The third-order valence-electron chi connectivity index (χ3n) is 4.68. The molecule has 1 saturated heterocycles. The van der Waals surface area contributed by atoms with Crippen LogP contribution in [0.2, 0.25) is 0 Å². The third-order valence-corrected chi connectivity index (χ3v) is 5.98. The van der Waals surface area contributed by atoms with Crippen LogP contribution in [0.4, 0.5) is 4.79 Å². The smallest absolute Gasteiger partial charge is 0.318 e. The molecule has 1 N–H and O–H groups in total. The van der Waals surface area contributed by atoms with Crippen molar-refractivity contribution in [3.63, 3.8) is 0 Å². The maximum Gasteiger partial charge on any atom is 0.318 e. The monoisotopic (exact) mass is 391 g/mol. The summed E-state index contributed by atoms with van der Waals surface area (Å²) in [4.78, 5) is 14.6. The summed E-state index contributed by atoms with van der Waals surface area (Å²) in [6, 6.07) is 13.2. The molecule has 0 radical (unpaired) electrons. The van der Waals surface area contributed by atoms with Crippen LogP contribution >= 0.6 is 0 Å². The number of hydrogen-bond acceptors (Lipinski definition) is 4. The normalized spacial score (nSPS) is 16.2. The van der Waals surface area contributed by atoms with E-state index in [0.717, 1.165) is 5.56 Å². The summed E-state index contributed by atoms with van der Waals surface area (Å²) in [5.74, 6) is 0.716. The highest BCUT2D eigenvalue weighted by Crippen LogP contribution is 2.15. The Balaban J connectivity index is 1.62. The number of urea groups is 1. The Bertz CT molecular complexity index is 829. The average molecular weight is 391 g/mol. The number of sulfonamides is 1. The maximum atomic E-state index is 12.9. The molecule has 7 nitrogen and oxygen atoms in total. The molecule has 1 aliphatic rings. The lowest BCUT2D eigenvalue weighted by Crippen LogP contribution is -2.49. The van der Waals surface area contributed by atoms with Crippen LogP contribution in [0.1, 0.15) is 24.2 Å². The van der Waals surface area contributed by atoms with Gasteiger partial charge in [-0.05, 0) is 30.5 Å². The summed E-state index contributed by atoms with van der Waals surface area (Å²) in [6.07, 6.45) is 4.03. The Hall–Kier alpha value is -2.32. The van der Waals surface area contributed by atoms with Crippen LogP contribution < -0.4 is 5.32 Å². The van der Waals surface area contributed by atoms with Gasteiger partial charge in [-0.2, -0.15) is 0 Å². The van der Waals surface area contributed by atoms with Gasteiger partial charge < -0.3 is 14.6 Å². The van der Waals surface area contributed by atoms with Crippen molar-refractivity contribution in [3.8, 4) is 0 Å². The van der Waals surface area contributed by atoms with Gasteiger partial charge in [0.25, 0.3) is 0 Å². The van der Waals surface area contributed by atoms with Crippen molar-refractivity contribution >= 4 is 16.1 Å². The van der Waals surface area contributed by atoms with E-state index in [-0.39, 0.29) is 12.1 Å². The minimum absolute atomic E-state index is 0.0367. The molecule has 3 rings (SSSR count). The van der Waals surface area contributed by atoms with E-state index >= 15 is 0 Å². The van der Waals surface area contributed by atoms with E-state index in [1.807, 2.05) is 36.4 Å². The minimum Gasteiger partial charge on any atom is -0.467 e. The molecule has 1 fully saturated rings. The van der Waals surface area contributed by atoms with E-state index in [1.165, 1.54) is 10.6 Å². The number of hydrogen-bond donors (Lipinski definition) is 1. The predicted octanol–water partition coefficient (Wildman–Crippen LogP) is 2.42. The molecular weight excluding hydrogens is 366 g/mol. The predicted molar refractivity (Wildman–Crippen MR) is 102 cm³/mol. The fourth-order valence-corrected chi connectivity index (χ4v) is 4.07. The fraction of sp³-hybridized carbons (Fsp3) is 0.421. The number of amides is 2. The van der Waals surface area contributed by atoms with Crippen molar-refractivity contribution in [2.75, 3.05) is 19.3 Å². The van der Waals surface area contributed by atoms with E-state index < -0.39 is 10.0 Å². The average Bonchev–Trinajstić information content (AvgIpc) is 3.15. The number of piperidine rings is 1. The lowest BCUT2D eigenvalue weighted by atomic mass is 10.1. The van der Waals surface area contributed by atoms with Gasteiger partial charge in [-0.25, -0.2) is 17.5 Å². The summed E-state index contributed by atoms with van der Waals surface area (Å²) in [7, 11) is -3.17. The van der Waals surface area contributed by atoms with Gasteiger partial charge in [0.1, 0.15) is 5.76 Å². The lowest BCUT2D eigenvalue weighted by molar-refractivity contribution is 0.177. The van der Waals surface area contributed by atoms with Gasteiger partial charge in [-0.15, -0.1) is 0 Å². The first-order valence-electron chi connectivity index (χ1n) is 8.98. The zero-order valence-corrected chi connectivity index (χ0v) is 16.2. The molecule has 1 aliphatic heterocycles. The summed E-state index contributed by atoms with van der Waals surface area (Å²) in [6.45, 7) is 1.70. The first-order valence-corrected chi connectivity index (χ1v) is 10.8. The number of rotatable bonds is 6. The van der Waals surface area contributed by atoms with E-state index in [0.29, 0.717) is 44.8 Å². The van der Waals surface area contributed by atoms with Gasteiger partial charge in [0.2, 0.25) is 10.0 Å². The molecule has 1 aromatic heterocycles. The van der Waals surface area contributed by atoms with Crippen molar-refractivity contribution in [2.24, 2.45) is 0 Å². The van der Waals surface area contributed by atoms with Crippen LogP contribution in [0.25, 0.3) is 0 Å². The number of benzene rings is 1. The Labute approximate surface area is 160 Å². The van der Waals surface area contributed by atoms with Crippen LogP contribution in [-0.2, 0) is 23.1 Å². The summed E-state index contributed by atoms with van der Waals surface area (Å²) < 4.78 is 30.1. The Morgan fingerprint density at radius 3 is 2.44 bits per heavy atom. The summed E-state index contributed by atoms with van der Waals surface area (Å²) in [5.41, 5.74) is 1.03. The van der Waals surface area contributed by atoms with E-state index in [2.05, 4.69) is 5.32 Å². The van der Waals surface area contributed by atoms with Crippen LogP contribution in [0.5, 0.6) is 0 Å². The number of furan rings is 1. The van der Waals surface area contributed by atoms with Crippen LogP contribution in [0.15, 0.2) is 53.1 Å². The molecule has 146 valence electrons. The Kier molecular flexibility index (Phi) is 6.18. The van der Waals surface area contributed by atoms with Gasteiger partial charge in [-0.1, -0.05) is 30.3 Å². The first-order chi connectivity index (χ1) is 12.9. The van der Waals surface area contributed by atoms with Crippen molar-refractivity contribution in [2.45, 2.75) is 32.0 Å². The quantitative estimate of drug-likeness (QED) is 0.820. The van der Waals surface area contributed by atoms with Crippen LogP contribution in [0, 0.1) is 0 Å². The molecule has 8 heteroatoms. The highest BCUT2D eigenvalue weighted by molar-refractivity contribution is 7.88. The van der Waals surface area contributed by atoms with Crippen molar-refractivity contribution < 1.29 is 17.6 Å². The van der Waals surface area contributed by atoms with Gasteiger partial charge in [-0.3, -0.25) is 0 Å². The molecule has 2 heterocycles. The first kappa shape index (κ1) is 19.4. The SMILES string of the molecule is CS(=O)(=O)N1CCC(NC(=O)N(Cc2ccccc2)Cc2ccco2)CC1. The second-order valence-corrected chi connectivity index (χ2v) is 8.79. The second kappa shape index (κ2) is 8.58. The zero-order valence-electron chi connectivity index (χ0n) is 15.4. The zero-order chi connectivity index (χ0) is 19.3. The molecule has 0 unspecified atom stereocenters. The molecule has 0 saturated carbocycles. The van der Waals surface area contributed by atoms with E-state index in [4.69, 9.17) is 4.42 Å². The van der Waals surface area contributed by atoms with E-state index in [9.17, 15) is 13.2 Å². The van der Waals surface area contributed by atoms with Crippen LogP contribution in [-0.4, -0.2) is 49.0 Å². The van der Waals surface area contributed by atoms with Crippen molar-refractivity contribution in [3.05, 3.63) is 60.1 Å². The topological polar surface area (TPSA) is 82.9 Å². The molecule has 0 spiro atoms. The van der Waals surface area contributed by atoms with Gasteiger partial charge >= 0.3 is 6.03 Å². The highest BCUT2D eigenvalue weighted by Gasteiger charge is 2.27. The Morgan fingerprint density at radius 2 is 1.85 bits per heavy atom. The second-order valence-electron chi connectivity index (χ2n) is 6.81. The molecule has 1 aromatic carbocycles. The fourth-order valence-electron chi connectivity index (χ4n) is 3.19. The molecular formula is C19H25N3O4S. The number of nitrogens with one attached hydrogen (secondary N) is 1. The minimum atomic E-state index is -3.17. The summed E-state index contributed by atoms with van der Waals surface area (Å²) in [5, 5.41) is 3.05.